The van der Waals surface area contributed by atoms with Gasteiger partial charge in [-0.2, -0.15) is 0 Å². The van der Waals surface area contributed by atoms with Crippen LogP contribution in [0.25, 0.3) is 0 Å². The van der Waals surface area contributed by atoms with Crippen molar-refractivity contribution in [3.8, 4) is 5.75 Å². The Balaban J connectivity index is 2.55. The summed E-state index contributed by atoms with van der Waals surface area (Å²) >= 11 is 2.94. The van der Waals surface area contributed by atoms with Gasteiger partial charge in [0.25, 0.3) is 0 Å². The zero-order valence-electron chi connectivity index (χ0n) is 10.8. The molecule has 0 aliphatic heterocycles. The van der Waals surface area contributed by atoms with Gasteiger partial charge < -0.3 is 4.74 Å². The zero-order valence-corrected chi connectivity index (χ0v) is 12.4. The lowest BCUT2D eigenvalue weighted by Crippen LogP contribution is -2.08. The molecule has 0 aliphatic carbocycles. The number of halogens is 3. The van der Waals surface area contributed by atoms with E-state index in [4.69, 9.17) is 4.74 Å². The molecule has 0 bridgehead atoms. The number of methoxy groups -OCH3 is 1. The van der Waals surface area contributed by atoms with Gasteiger partial charge in [-0.25, -0.2) is 8.78 Å². The quantitative estimate of drug-likeness (QED) is 0.615. The highest BCUT2D eigenvalue weighted by Crippen LogP contribution is 2.26. The van der Waals surface area contributed by atoms with Crippen LogP contribution in [0.1, 0.15) is 21.5 Å². The van der Waals surface area contributed by atoms with Crippen molar-refractivity contribution in [2.24, 2.45) is 0 Å². The summed E-state index contributed by atoms with van der Waals surface area (Å²) < 4.78 is 32.8. The van der Waals surface area contributed by atoms with Gasteiger partial charge in [0.15, 0.2) is 11.6 Å². The minimum atomic E-state index is -0.908. The fourth-order valence-corrected chi connectivity index (χ4v) is 2.17. The highest BCUT2D eigenvalue weighted by Gasteiger charge is 2.21. The van der Waals surface area contributed by atoms with Crippen molar-refractivity contribution < 1.29 is 18.3 Å². The third kappa shape index (κ3) is 2.58. The minimum absolute atomic E-state index is 0.0429. The van der Waals surface area contributed by atoms with Crippen LogP contribution >= 0.6 is 15.9 Å². The van der Waals surface area contributed by atoms with Gasteiger partial charge in [0.1, 0.15) is 11.6 Å². The predicted octanol–water partition coefficient (Wildman–Crippen LogP) is 4.28. The summed E-state index contributed by atoms with van der Waals surface area (Å²) in [6, 6.07) is 6.92. The van der Waals surface area contributed by atoms with Crippen LogP contribution in [-0.4, -0.2) is 12.9 Å². The fraction of sp³-hybridized carbons (Fsp3) is 0.133. The fourth-order valence-electron chi connectivity index (χ4n) is 1.84. The lowest BCUT2D eigenvalue weighted by molar-refractivity contribution is 0.103. The van der Waals surface area contributed by atoms with Crippen LogP contribution in [-0.2, 0) is 0 Å². The molecule has 20 heavy (non-hydrogen) atoms. The molecule has 0 atom stereocenters. The maximum Gasteiger partial charge on any atom is 0.199 e. The van der Waals surface area contributed by atoms with E-state index in [0.29, 0.717) is 5.75 Å². The van der Waals surface area contributed by atoms with E-state index in [-0.39, 0.29) is 10.0 Å². The molecule has 2 aromatic rings. The van der Waals surface area contributed by atoms with Gasteiger partial charge in [-0.05, 0) is 46.6 Å². The number of ether oxygens (including phenoxy) is 1. The summed E-state index contributed by atoms with van der Waals surface area (Å²) in [6.45, 7) is 1.81. The lowest BCUT2D eigenvalue weighted by Gasteiger charge is -2.09. The smallest absolute Gasteiger partial charge is 0.199 e. The Morgan fingerprint density at radius 2 is 1.90 bits per heavy atom. The van der Waals surface area contributed by atoms with Gasteiger partial charge in [0, 0.05) is 5.56 Å². The Hall–Kier alpha value is -1.75. The average Bonchev–Trinajstić information content (AvgIpc) is 2.43. The first-order chi connectivity index (χ1) is 9.45. The third-order valence-corrected chi connectivity index (χ3v) is 3.55. The van der Waals surface area contributed by atoms with Crippen molar-refractivity contribution in [1.82, 2.24) is 0 Å². The van der Waals surface area contributed by atoms with Crippen LogP contribution in [0.4, 0.5) is 8.78 Å². The molecule has 0 N–H and O–H groups in total. The molecule has 0 radical (unpaired) electrons. The van der Waals surface area contributed by atoms with E-state index in [9.17, 15) is 13.6 Å². The normalized spacial score (nSPS) is 10.4. The molecule has 0 fully saturated rings. The number of benzene rings is 2. The van der Waals surface area contributed by atoms with E-state index in [1.165, 1.54) is 25.3 Å². The largest absolute Gasteiger partial charge is 0.496 e. The summed E-state index contributed by atoms with van der Waals surface area (Å²) in [7, 11) is 1.47. The Morgan fingerprint density at radius 3 is 2.55 bits per heavy atom. The summed E-state index contributed by atoms with van der Waals surface area (Å²) in [5.74, 6) is -2.03. The minimum Gasteiger partial charge on any atom is -0.496 e. The molecule has 104 valence electrons. The van der Waals surface area contributed by atoms with E-state index in [1.807, 2.05) is 6.92 Å². The van der Waals surface area contributed by atoms with Crippen molar-refractivity contribution in [3.05, 3.63) is 63.1 Å². The van der Waals surface area contributed by atoms with Gasteiger partial charge in [-0.15, -0.1) is 0 Å². The molecule has 2 nitrogen and oxygen atoms in total. The molecule has 0 aromatic heterocycles. The summed E-state index contributed by atoms with van der Waals surface area (Å²) in [4.78, 5) is 12.3. The molecule has 0 saturated heterocycles. The number of ketones is 1. The monoisotopic (exact) mass is 340 g/mol. The number of hydrogen-bond acceptors (Lipinski definition) is 2. The second kappa shape index (κ2) is 5.71. The van der Waals surface area contributed by atoms with Crippen LogP contribution < -0.4 is 4.74 Å². The molecule has 2 aromatic carbocycles. The summed E-state index contributed by atoms with van der Waals surface area (Å²) in [5, 5.41) is 0. The lowest BCUT2D eigenvalue weighted by atomic mass is 10.0. The maximum atomic E-state index is 13.9. The molecule has 0 amide bonds. The van der Waals surface area contributed by atoms with Crippen molar-refractivity contribution in [1.29, 1.82) is 0 Å². The van der Waals surface area contributed by atoms with E-state index in [1.54, 1.807) is 6.07 Å². The van der Waals surface area contributed by atoms with Crippen LogP contribution in [0.15, 0.2) is 34.8 Å². The van der Waals surface area contributed by atoms with Crippen molar-refractivity contribution >= 4 is 21.7 Å². The number of rotatable bonds is 3. The predicted molar refractivity (Wildman–Crippen MR) is 75.2 cm³/mol. The van der Waals surface area contributed by atoms with Crippen molar-refractivity contribution in [2.45, 2.75) is 6.92 Å². The van der Waals surface area contributed by atoms with Crippen LogP contribution in [0.3, 0.4) is 0 Å². The Kier molecular flexibility index (Phi) is 4.18. The van der Waals surface area contributed by atoms with Gasteiger partial charge in [-0.3, -0.25) is 4.79 Å². The standard InChI is InChI=1S/C15H11BrF2O2/c1-8-3-4-9(7-12(8)20-2)15(19)13-11(17)6-5-10(16)14(13)18/h3-7H,1-2H3. The third-order valence-electron chi connectivity index (χ3n) is 2.94. The maximum absolute atomic E-state index is 13.9. The van der Waals surface area contributed by atoms with Crippen molar-refractivity contribution in [3.63, 3.8) is 0 Å². The molecule has 0 saturated carbocycles. The molecular weight excluding hydrogens is 330 g/mol. The van der Waals surface area contributed by atoms with Gasteiger partial charge in [0.2, 0.25) is 0 Å². The average molecular weight is 341 g/mol. The van der Waals surface area contributed by atoms with Crippen molar-refractivity contribution in [2.75, 3.05) is 7.11 Å². The molecule has 0 spiro atoms. The first-order valence-corrected chi connectivity index (χ1v) is 6.58. The molecular formula is C15H11BrF2O2. The molecule has 0 heterocycles. The van der Waals surface area contributed by atoms with Gasteiger partial charge in [-0.1, -0.05) is 12.1 Å². The first-order valence-electron chi connectivity index (χ1n) is 5.78. The van der Waals surface area contributed by atoms with Crippen LogP contribution in [0.2, 0.25) is 0 Å². The number of carbonyl (C=O) groups is 1. The topological polar surface area (TPSA) is 26.3 Å². The molecule has 0 aliphatic rings. The Morgan fingerprint density at radius 1 is 1.20 bits per heavy atom. The van der Waals surface area contributed by atoms with E-state index < -0.39 is 23.0 Å². The van der Waals surface area contributed by atoms with Crippen LogP contribution in [0, 0.1) is 18.6 Å². The van der Waals surface area contributed by atoms with Gasteiger partial charge >= 0.3 is 0 Å². The first kappa shape index (κ1) is 14.7. The van der Waals surface area contributed by atoms with E-state index in [0.717, 1.165) is 11.6 Å². The van der Waals surface area contributed by atoms with Crippen LogP contribution in [0.5, 0.6) is 5.75 Å². The van der Waals surface area contributed by atoms with E-state index in [2.05, 4.69) is 15.9 Å². The Labute approximate surface area is 123 Å². The highest BCUT2D eigenvalue weighted by molar-refractivity contribution is 9.10. The van der Waals surface area contributed by atoms with Gasteiger partial charge in [0.05, 0.1) is 17.1 Å². The molecule has 2 rings (SSSR count). The summed E-state index contributed by atoms with van der Waals surface area (Å²) in [6.07, 6.45) is 0. The molecule has 5 heteroatoms. The SMILES string of the molecule is COc1cc(C(=O)c2c(F)ccc(Br)c2F)ccc1C. The summed E-state index contributed by atoms with van der Waals surface area (Å²) in [5.41, 5.74) is 0.424. The highest BCUT2D eigenvalue weighted by atomic mass is 79.9. The number of carbonyl (C=O) groups excluding carboxylic acids is 1. The Bertz CT molecular complexity index is 684. The number of aryl methyl sites for hydroxylation is 1. The second-order valence-corrected chi connectivity index (χ2v) is 5.09. The molecule has 0 unspecified atom stereocenters. The number of hydrogen-bond donors (Lipinski definition) is 0. The second-order valence-electron chi connectivity index (χ2n) is 4.23. The zero-order chi connectivity index (χ0) is 14.9. The van der Waals surface area contributed by atoms with E-state index >= 15 is 0 Å².